The highest BCUT2D eigenvalue weighted by atomic mass is 35.5. The number of nitrogens with zero attached hydrogens (tertiary/aromatic N) is 4. The Labute approximate surface area is 171 Å². The Morgan fingerprint density at radius 3 is 2.53 bits per heavy atom. The number of imidazole rings is 1. The van der Waals surface area contributed by atoms with Gasteiger partial charge in [0.05, 0.1) is 25.2 Å². The molecule has 2 aromatic rings. The van der Waals surface area contributed by atoms with Crippen LogP contribution >= 0.6 is 35.1 Å². The molecule has 1 aliphatic rings. The third-order valence-electron chi connectivity index (χ3n) is 3.62. The lowest BCUT2D eigenvalue weighted by molar-refractivity contribution is -0.0423. The van der Waals surface area contributed by atoms with Crippen molar-refractivity contribution >= 4 is 46.2 Å². The first-order valence-corrected chi connectivity index (χ1v) is 12.6. The van der Waals surface area contributed by atoms with Gasteiger partial charge in [-0.05, 0) is 11.6 Å². The molecule has 0 bridgehead atoms. The third kappa shape index (κ3) is 6.11. The maximum Gasteiger partial charge on any atom is 0.490 e. The van der Waals surface area contributed by atoms with E-state index < -0.39 is 48.5 Å². The molecule has 0 saturated carbocycles. The van der Waals surface area contributed by atoms with Gasteiger partial charge in [-0.25, -0.2) is 23.7 Å². The van der Waals surface area contributed by atoms with E-state index in [1.165, 1.54) is 17.1 Å². The van der Waals surface area contributed by atoms with Crippen LogP contribution in [0.25, 0.3) is 11.2 Å². The molecule has 5 atom stereocenters. The highest BCUT2D eigenvalue weighted by Gasteiger charge is 2.43. The third-order valence-corrected chi connectivity index (χ3v) is 7.60. The van der Waals surface area contributed by atoms with Crippen molar-refractivity contribution in [1.82, 2.24) is 19.5 Å². The Kier molecular flexibility index (Phi) is 6.83. The van der Waals surface area contributed by atoms with E-state index in [0.717, 1.165) is 0 Å². The molecule has 20 heteroatoms. The van der Waals surface area contributed by atoms with E-state index in [1.54, 1.807) is 0 Å². The molecule has 168 valence electrons. The second kappa shape index (κ2) is 8.60. The topological polar surface area (TPSA) is 233 Å². The van der Waals surface area contributed by atoms with E-state index >= 15 is 0 Å². The van der Waals surface area contributed by atoms with Gasteiger partial charge in [-0.2, -0.15) is 13.6 Å². The summed E-state index contributed by atoms with van der Waals surface area (Å²) in [6.07, 6.45) is -0.466. The van der Waals surface area contributed by atoms with Crippen LogP contribution in [0.1, 0.15) is 12.6 Å². The van der Waals surface area contributed by atoms with Gasteiger partial charge in [-0.15, -0.1) is 0 Å². The smallest absolute Gasteiger partial charge is 0.390 e. The number of aliphatic hydroxyl groups is 1. The Hall–Kier alpha value is -0.830. The highest BCUT2D eigenvalue weighted by Crippen LogP contribution is 2.66. The van der Waals surface area contributed by atoms with Gasteiger partial charge in [-0.1, -0.05) is 0 Å². The van der Waals surface area contributed by atoms with Crippen molar-refractivity contribution in [3.05, 3.63) is 17.8 Å². The lowest BCUT2D eigenvalue weighted by atomic mass is 10.2. The second-order valence-electron chi connectivity index (χ2n) is 5.82. The SMILES string of the molecule is O=P(O)(O)OP(=O)(O)OP(=O)(O)OC[C@H]1O[C@@H](n2cnc3cnc(Cl)nc32)C[C@@H]1O. The molecule has 3 heterocycles. The monoisotopic (exact) mass is 510 g/mol. The zero-order valence-electron chi connectivity index (χ0n) is 14.4. The van der Waals surface area contributed by atoms with Crippen molar-refractivity contribution in [3.8, 4) is 0 Å². The number of fused-ring (bicyclic) bond motifs is 1. The number of phosphoric acid groups is 3. The number of aromatic nitrogens is 4. The molecule has 1 fully saturated rings. The molecule has 2 unspecified atom stereocenters. The summed E-state index contributed by atoms with van der Waals surface area (Å²) in [6.45, 7) is -0.788. The summed E-state index contributed by atoms with van der Waals surface area (Å²) in [6, 6.07) is 0. The minimum absolute atomic E-state index is 0.00247. The van der Waals surface area contributed by atoms with Crippen LogP contribution in [-0.4, -0.2) is 63.0 Å². The fourth-order valence-electron chi connectivity index (χ4n) is 2.52. The molecule has 0 radical (unpaired) electrons. The molecule has 0 amide bonds. The Bertz CT molecular complexity index is 1080. The van der Waals surface area contributed by atoms with Crippen LogP contribution in [0.2, 0.25) is 5.28 Å². The summed E-state index contributed by atoms with van der Waals surface area (Å²) in [5.74, 6) is 0. The summed E-state index contributed by atoms with van der Waals surface area (Å²) in [5, 5.41) is 10.1. The van der Waals surface area contributed by atoms with Gasteiger partial charge in [0.15, 0.2) is 5.65 Å². The summed E-state index contributed by atoms with van der Waals surface area (Å²) >= 11 is 5.76. The predicted octanol–water partition coefficient (Wildman–Crippen LogP) is 0.471. The fraction of sp³-hybridized carbons (Fsp3) is 0.500. The molecular formula is C10H14ClN4O12P3. The molecule has 1 saturated heterocycles. The maximum absolute atomic E-state index is 11.8. The first kappa shape index (κ1) is 23.8. The van der Waals surface area contributed by atoms with Gasteiger partial charge in [0.2, 0.25) is 5.28 Å². The van der Waals surface area contributed by atoms with Gasteiger partial charge >= 0.3 is 23.5 Å². The zero-order valence-corrected chi connectivity index (χ0v) is 17.8. The summed E-state index contributed by atoms with van der Waals surface area (Å²) in [5.41, 5.74) is 0.704. The molecule has 16 nitrogen and oxygen atoms in total. The second-order valence-corrected chi connectivity index (χ2v) is 10.6. The van der Waals surface area contributed by atoms with Crippen LogP contribution in [0, 0.1) is 0 Å². The van der Waals surface area contributed by atoms with E-state index in [4.69, 9.17) is 31.0 Å². The van der Waals surface area contributed by atoms with E-state index in [-0.39, 0.29) is 11.7 Å². The van der Waals surface area contributed by atoms with Gasteiger partial charge < -0.3 is 29.4 Å². The number of rotatable bonds is 8. The van der Waals surface area contributed by atoms with Crippen LogP contribution in [0.15, 0.2) is 12.5 Å². The van der Waals surface area contributed by atoms with Gasteiger partial charge in [-0.3, -0.25) is 9.09 Å². The molecule has 1 aliphatic heterocycles. The number of halogens is 1. The molecule has 5 N–H and O–H groups in total. The molecule has 0 spiro atoms. The summed E-state index contributed by atoms with van der Waals surface area (Å²) < 4.78 is 52.3. The van der Waals surface area contributed by atoms with E-state index in [2.05, 4.69) is 28.1 Å². The minimum Gasteiger partial charge on any atom is -0.390 e. The summed E-state index contributed by atoms with van der Waals surface area (Å²) in [4.78, 5) is 47.4. The molecular weight excluding hydrogens is 497 g/mol. The number of phosphoric ester groups is 1. The van der Waals surface area contributed by atoms with Crippen molar-refractivity contribution in [2.75, 3.05) is 6.61 Å². The molecule has 0 aromatic carbocycles. The molecule has 3 rings (SSSR count). The lowest BCUT2D eigenvalue weighted by Crippen LogP contribution is -2.26. The maximum atomic E-state index is 11.8. The zero-order chi connectivity index (χ0) is 22.3. The molecule has 0 aliphatic carbocycles. The van der Waals surface area contributed by atoms with Crippen molar-refractivity contribution in [2.45, 2.75) is 24.9 Å². The van der Waals surface area contributed by atoms with Crippen molar-refractivity contribution in [2.24, 2.45) is 0 Å². The highest BCUT2D eigenvalue weighted by molar-refractivity contribution is 7.66. The largest absolute Gasteiger partial charge is 0.490 e. The van der Waals surface area contributed by atoms with Crippen molar-refractivity contribution in [3.63, 3.8) is 0 Å². The predicted molar refractivity (Wildman–Crippen MR) is 94.7 cm³/mol. The molecule has 30 heavy (non-hydrogen) atoms. The Balaban J connectivity index is 1.64. The van der Waals surface area contributed by atoms with E-state index in [1.807, 2.05) is 0 Å². The van der Waals surface area contributed by atoms with Crippen LogP contribution in [0.5, 0.6) is 0 Å². The Morgan fingerprint density at radius 1 is 1.17 bits per heavy atom. The van der Waals surface area contributed by atoms with Gasteiger partial charge in [0, 0.05) is 6.42 Å². The van der Waals surface area contributed by atoms with E-state index in [9.17, 15) is 23.7 Å². The van der Waals surface area contributed by atoms with Crippen LogP contribution < -0.4 is 0 Å². The first-order chi connectivity index (χ1) is 13.7. The van der Waals surface area contributed by atoms with E-state index in [0.29, 0.717) is 11.2 Å². The normalized spacial score (nSPS) is 26.5. The number of hydrogen-bond acceptors (Lipinski definition) is 11. The van der Waals surface area contributed by atoms with Gasteiger partial charge in [0.1, 0.15) is 17.8 Å². The van der Waals surface area contributed by atoms with Crippen LogP contribution in [0.3, 0.4) is 0 Å². The first-order valence-electron chi connectivity index (χ1n) is 7.72. The lowest BCUT2D eigenvalue weighted by Gasteiger charge is -2.19. The van der Waals surface area contributed by atoms with Crippen LogP contribution in [0.4, 0.5) is 0 Å². The van der Waals surface area contributed by atoms with Crippen molar-refractivity contribution < 1.29 is 56.3 Å². The quantitative estimate of drug-likeness (QED) is 0.240. The minimum atomic E-state index is -5.64. The summed E-state index contributed by atoms with van der Waals surface area (Å²) in [7, 11) is -16.5. The number of hydrogen-bond donors (Lipinski definition) is 5. The number of aliphatic hydroxyl groups excluding tert-OH is 1. The van der Waals surface area contributed by atoms with Gasteiger partial charge in [0.25, 0.3) is 0 Å². The average Bonchev–Trinajstić information content (AvgIpc) is 3.12. The Morgan fingerprint density at radius 2 is 1.87 bits per heavy atom. The average molecular weight is 511 g/mol. The number of ether oxygens (including phenoxy) is 1. The fourth-order valence-corrected chi connectivity index (χ4v) is 5.68. The van der Waals surface area contributed by atoms with Crippen LogP contribution in [-0.2, 0) is 31.6 Å². The van der Waals surface area contributed by atoms with Crippen molar-refractivity contribution in [1.29, 1.82) is 0 Å². The standard InChI is InChI=1S/C10H14ClN4O12P3/c11-10-12-2-5-9(14-10)15(4-13-5)8-1-6(16)7(25-8)3-24-29(20,21)27-30(22,23)26-28(17,18)19/h2,4,6-8,16H,1,3H2,(H,20,21)(H,22,23)(H2,17,18,19)/t6-,7+,8+/m0/s1. The molecule has 2 aromatic heterocycles.